The van der Waals surface area contributed by atoms with Crippen molar-refractivity contribution in [2.75, 3.05) is 26.2 Å². The molecular weight excluding hydrogens is 462 g/mol. The van der Waals surface area contributed by atoms with Gasteiger partial charge in [-0.25, -0.2) is 8.42 Å². The molecule has 0 unspecified atom stereocenters. The van der Waals surface area contributed by atoms with Crippen molar-refractivity contribution in [3.63, 3.8) is 0 Å². The fourth-order valence-corrected chi connectivity index (χ4v) is 5.38. The molecule has 178 valence electrons. The van der Waals surface area contributed by atoms with Crippen LogP contribution in [0.15, 0.2) is 70.2 Å². The first-order valence-corrected chi connectivity index (χ1v) is 12.0. The van der Waals surface area contributed by atoms with Crippen LogP contribution in [0.2, 0.25) is 0 Å². The predicted octanol–water partition coefficient (Wildman–Crippen LogP) is 3.22. The van der Waals surface area contributed by atoms with E-state index in [1.54, 1.807) is 13.0 Å². The van der Waals surface area contributed by atoms with Gasteiger partial charge in [0.1, 0.15) is 12.4 Å². The van der Waals surface area contributed by atoms with E-state index < -0.39 is 14.9 Å². The zero-order valence-corrected chi connectivity index (χ0v) is 19.2. The van der Waals surface area contributed by atoms with E-state index in [9.17, 15) is 23.3 Å². The maximum Gasteiger partial charge on any atom is 0.290 e. The number of amides is 1. The largest absolute Gasteiger partial charge is 0.489 e. The Labute approximate surface area is 196 Å². The second kappa shape index (κ2) is 9.65. The number of piperazine rings is 1. The van der Waals surface area contributed by atoms with Crippen molar-refractivity contribution in [2.45, 2.75) is 18.4 Å². The summed E-state index contributed by atoms with van der Waals surface area (Å²) in [5.41, 5.74) is 0.722. The summed E-state index contributed by atoms with van der Waals surface area (Å²) in [6, 6.07) is 14.6. The van der Waals surface area contributed by atoms with E-state index in [0.29, 0.717) is 16.9 Å². The summed E-state index contributed by atoms with van der Waals surface area (Å²) in [4.78, 5) is 24.9. The fourth-order valence-electron chi connectivity index (χ4n) is 3.71. The number of furan rings is 1. The van der Waals surface area contributed by atoms with Gasteiger partial charge < -0.3 is 14.1 Å². The first kappa shape index (κ1) is 23.5. The minimum Gasteiger partial charge on any atom is -0.489 e. The summed E-state index contributed by atoms with van der Waals surface area (Å²) < 4.78 is 38.6. The van der Waals surface area contributed by atoms with Gasteiger partial charge in [0.15, 0.2) is 5.76 Å². The van der Waals surface area contributed by atoms with E-state index in [4.69, 9.17) is 9.15 Å². The molecule has 1 fully saturated rings. The van der Waals surface area contributed by atoms with Gasteiger partial charge in [0.25, 0.3) is 11.6 Å². The number of rotatable bonds is 7. The number of nitro groups is 1. The Kier molecular flexibility index (Phi) is 6.66. The van der Waals surface area contributed by atoms with Crippen LogP contribution in [0.3, 0.4) is 0 Å². The highest BCUT2D eigenvalue weighted by atomic mass is 32.2. The van der Waals surface area contributed by atoms with E-state index in [1.165, 1.54) is 27.6 Å². The first-order chi connectivity index (χ1) is 16.3. The molecule has 11 heteroatoms. The molecule has 0 aliphatic carbocycles. The lowest BCUT2D eigenvalue weighted by atomic mass is 10.2. The van der Waals surface area contributed by atoms with Gasteiger partial charge >= 0.3 is 0 Å². The first-order valence-electron chi connectivity index (χ1n) is 10.6. The molecule has 0 spiro atoms. The summed E-state index contributed by atoms with van der Waals surface area (Å²) in [6.45, 7) is 2.19. The van der Waals surface area contributed by atoms with Gasteiger partial charge in [0, 0.05) is 43.9 Å². The standard InChI is InChI=1S/C23H23N3O7S/c1-17-7-8-19(26(28)29)15-21(17)34(30,31)25-12-10-24(11-13-25)23(27)22-18(9-14-32-22)16-33-20-5-3-2-4-6-20/h2-9,14-15H,10-13,16H2,1H3. The summed E-state index contributed by atoms with van der Waals surface area (Å²) in [5.74, 6) is 0.472. The number of para-hydroxylation sites is 1. The molecule has 34 heavy (non-hydrogen) atoms. The fraction of sp³-hybridized carbons (Fsp3) is 0.261. The van der Waals surface area contributed by atoms with Crippen LogP contribution in [-0.4, -0.2) is 54.6 Å². The highest BCUT2D eigenvalue weighted by molar-refractivity contribution is 7.89. The molecular formula is C23H23N3O7S. The lowest BCUT2D eigenvalue weighted by Crippen LogP contribution is -2.50. The van der Waals surface area contributed by atoms with Crippen molar-refractivity contribution in [1.82, 2.24) is 9.21 Å². The summed E-state index contributed by atoms with van der Waals surface area (Å²) in [6.07, 6.45) is 1.42. The van der Waals surface area contributed by atoms with Crippen LogP contribution >= 0.6 is 0 Å². The maximum atomic E-state index is 13.1. The van der Waals surface area contributed by atoms with Crippen LogP contribution in [-0.2, 0) is 16.6 Å². The second-order valence-corrected chi connectivity index (χ2v) is 9.69. The molecule has 0 N–H and O–H groups in total. The molecule has 0 atom stereocenters. The zero-order chi connectivity index (χ0) is 24.3. The molecule has 2 heterocycles. The van der Waals surface area contributed by atoms with Crippen molar-refractivity contribution in [3.8, 4) is 5.75 Å². The highest BCUT2D eigenvalue weighted by Crippen LogP contribution is 2.26. The second-order valence-electron chi connectivity index (χ2n) is 7.78. The van der Waals surface area contributed by atoms with Gasteiger partial charge in [-0.2, -0.15) is 4.31 Å². The average molecular weight is 486 g/mol. The van der Waals surface area contributed by atoms with Crippen molar-refractivity contribution < 1.29 is 27.3 Å². The monoisotopic (exact) mass is 485 g/mol. The minimum atomic E-state index is -3.95. The number of carbonyl (C=O) groups excluding carboxylic acids is 1. The van der Waals surface area contributed by atoms with Crippen LogP contribution in [0.5, 0.6) is 5.75 Å². The Hall–Kier alpha value is -3.70. The van der Waals surface area contributed by atoms with Crippen molar-refractivity contribution in [3.05, 3.63) is 87.9 Å². The van der Waals surface area contributed by atoms with Gasteiger partial charge in [-0.1, -0.05) is 24.3 Å². The number of nitro benzene ring substituents is 1. The molecule has 2 aromatic carbocycles. The Morgan fingerprint density at radius 1 is 1.09 bits per heavy atom. The van der Waals surface area contributed by atoms with Gasteiger partial charge in [0.2, 0.25) is 10.0 Å². The van der Waals surface area contributed by atoms with E-state index in [-0.39, 0.29) is 55.0 Å². The molecule has 10 nitrogen and oxygen atoms in total. The quantitative estimate of drug-likeness (QED) is 0.372. The Morgan fingerprint density at radius 3 is 2.47 bits per heavy atom. The van der Waals surface area contributed by atoms with E-state index in [2.05, 4.69) is 0 Å². The number of hydrogen-bond acceptors (Lipinski definition) is 7. The minimum absolute atomic E-state index is 0.0623. The number of carbonyl (C=O) groups is 1. The average Bonchev–Trinajstić information content (AvgIpc) is 3.31. The summed E-state index contributed by atoms with van der Waals surface area (Å²) >= 11 is 0. The SMILES string of the molecule is Cc1ccc([N+](=O)[O-])cc1S(=O)(=O)N1CCN(C(=O)c2occc2COc2ccccc2)CC1. The van der Waals surface area contributed by atoms with E-state index in [1.807, 2.05) is 30.3 Å². The van der Waals surface area contributed by atoms with E-state index >= 15 is 0 Å². The van der Waals surface area contributed by atoms with Crippen LogP contribution in [0.4, 0.5) is 5.69 Å². The number of aryl methyl sites for hydroxylation is 1. The zero-order valence-electron chi connectivity index (χ0n) is 18.4. The summed E-state index contributed by atoms with van der Waals surface area (Å²) in [5, 5.41) is 11.1. The van der Waals surface area contributed by atoms with Crippen molar-refractivity contribution in [2.24, 2.45) is 0 Å². The van der Waals surface area contributed by atoms with Gasteiger partial charge in [0.05, 0.1) is 16.1 Å². The third-order valence-corrected chi connectivity index (χ3v) is 7.65. The van der Waals surface area contributed by atoms with Crippen LogP contribution in [0.1, 0.15) is 21.7 Å². The molecule has 0 saturated carbocycles. The Balaban J connectivity index is 1.43. The lowest BCUT2D eigenvalue weighted by Gasteiger charge is -2.33. The number of nitrogens with zero attached hydrogens (tertiary/aromatic N) is 3. The van der Waals surface area contributed by atoms with Crippen LogP contribution in [0, 0.1) is 17.0 Å². The molecule has 1 amide bonds. The maximum absolute atomic E-state index is 13.1. The van der Waals surface area contributed by atoms with E-state index in [0.717, 1.165) is 6.07 Å². The number of benzene rings is 2. The molecule has 0 bridgehead atoms. The van der Waals surface area contributed by atoms with Crippen LogP contribution in [0.25, 0.3) is 0 Å². The van der Waals surface area contributed by atoms with Gasteiger partial charge in [-0.05, 0) is 30.7 Å². The van der Waals surface area contributed by atoms with Crippen molar-refractivity contribution in [1.29, 1.82) is 0 Å². The van der Waals surface area contributed by atoms with Crippen LogP contribution < -0.4 is 4.74 Å². The lowest BCUT2D eigenvalue weighted by molar-refractivity contribution is -0.385. The Morgan fingerprint density at radius 2 is 1.79 bits per heavy atom. The topological polar surface area (TPSA) is 123 Å². The molecule has 1 aliphatic heterocycles. The predicted molar refractivity (Wildman–Crippen MR) is 122 cm³/mol. The molecule has 1 aliphatic rings. The number of sulfonamides is 1. The number of hydrogen-bond donors (Lipinski definition) is 0. The third kappa shape index (κ3) is 4.80. The molecule has 1 aromatic heterocycles. The molecule has 0 radical (unpaired) electrons. The Bertz CT molecular complexity index is 1300. The smallest absolute Gasteiger partial charge is 0.290 e. The summed E-state index contributed by atoms with van der Waals surface area (Å²) in [7, 11) is -3.95. The molecule has 3 aromatic rings. The van der Waals surface area contributed by atoms with Gasteiger partial charge in [-0.15, -0.1) is 0 Å². The normalized spacial score (nSPS) is 14.7. The number of ether oxygens (including phenoxy) is 1. The molecule has 1 saturated heterocycles. The van der Waals surface area contributed by atoms with Gasteiger partial charge in [-0.3, -0.25) is 14.9 Å². The third-order valence-electron chi connectivity index (χ3n) is 5.60. The highest BCUT2D eigenvalue weighted by Gasteiger charge is 2.33. The number of non-ortho nitro benzene ring substituents is 1. The van der Waals surface area contributed by atoms with Crippen molar-refractivity contribution >= 4 is 21.6 Å². The molecule has 4 rings (SSSR count).